The van der Waals surface area contributed by atoms with E-state index in [0.717, 1.165) is 12.8 Å². The Hall–Kier alpha value is -3.66. The summed E-state index contributed by atoms with van der Waals surface area (Å²) in [6, 6.07) is 16.8. The van der Waals surface area contributed by atoms with Crippen LogP contribution in [-0.2, 0) is 14.3 Å². The van der Waals surface area contributed by atoms with Gasteiger partial charge in [0.05, 0.1) is 11.6 Å². The van der Waals surface area contributed by atoms with E-state index in [4.69, 9.17) is 10.00 Å². The third-order valence-corrected chi connectivity index (χ3v) is 4.13. The number of carbonyl (C=O) groups is 3. The number of carbonyl (C=O) groups excluding carboxylic acids is 3. The maximum atomic E-state index is 12.5. The fourth-order valence-electron chi connectivity index (χ4n) is 2.55. The Balaban J connectivity index is 1.70. The Morgan fingerprint density at radius 1 is 1.07 bits per heavy atom. The topological polar surface area (TPSA) is 108 Å². The molecule has 28 heavy (non-hydrogen) atoms. The Morgan fingerprint density at radius 3 is 2.36 bits per heavy atom. The van der Waals surface area contributed by atoms with Crippen molar-refractivity contribution in [3.05, 3.63) is 65.7 Å². The van der Waals surface area contributed by atoms with Gasteiger partial charge >= 0.3 is 5.97 Å². The van der Waals surface area contributed by atoms with Gasteiger partial charge in [-0.2, -0.15) is 5.26 Å². The van der Waals surface area contributed by atoms with Gasteiger partial charge < -0.3 is 15.4 Å². The molecule has 0 aliphatic heterocycles. The fourth-order valence-corrected chi connectivity index (χ4v) is 2.55. The van der Waals surface area contributed by atoms with Crippen LogP contribution in [0.2, 0.25) is 0 Å². The molecule has 0 saturated heterocycles. The number of benzene rings is 2. The second kappa shape index (κ2) is 8.82. The average Bonchev–Trinajstić information content (AvgIpc) is 3.51. The van der Waals surface area contributed by atoms with Crippen LogP contribution in [0, 0.1) is 11.3 Å². The van der Waals surface area contributed by atoms with Crippen molar-refractivity contribution in [1.82, 2.24) is 5.32 Å². The Labute approximate surface area is 162 Å². The van der Waals surface area contributed by atoms with Crippen LogP contribution in [0.25, 0.3) is 0 Å². The lowest BCUT2D eigenvalue weighted by molar-refractivity contribution is -0.130. The number of hydrogen-bond acceptors (Lipinski definition) is 5. The van der Waals surface area contributed by atoms with E-state index in [9.17, 15) is 14.4 Å². The molecular formula is C21H19N3O4. The minimum atomic E-state index is -1.04. The number of hydrogen-bond donors (Lipinski definition) is 2. The summed E-state index contributed by atoms with van der Waals surface area (Å²) in [6.07, 6.45) is 0.572. The minimum absolute atomic E-state index is 0.147. The average molecular weight is 377 g/mol. The molecule has 2 aromatic carbocycles. The number of anilines is 1. The highest BCUT2D eigenvalue weighted by Crippen LogP contribution is 2.24. The van der Waals surface area contributed by atoms with Crippen LogP contribution in [-0.4, -0.2) is 23.8 Å². The largest absolute Gasteiger partial charge is 0.444 e. The summed E-state index contributed by atoms with van der Waals surface area (Å²) in [5.41, 5.74) is 1.30. The van der Waals surface area contributed by atoms with E-state index in [1.54, 1.807) is 30.3 Å². The number of amides is 2. The number of ether oxygens (including phenoxy) is 1. The summed E-state index contributed by atoms with van der Waals surface area (Å²) in [4.78, 5) is 36.5. The van der Waals surface area contributed by atoms with E-state index < -0.39 is 18.0 Å². The van der Waals surface area contributed by atoms with Crippen LogP contribution in [0.4, 0.5) is 5.69 Å². The molecule has 1 saturated carbocycles. The van der Waals surface area contributed by atoms with E-state index in [1.165, 1.54) is 24.3 Å². The highest BCUT2D eigenvalue weighted by atomic mass is 16.5. The Morgan fingerprint density at radius 2 is 1.75 bits per heavy atom. The van der Waals surface area contributed by atoms with Crippen LogP contribution in [0.3, 0.4) is 0 Å². The standard InChI is InChI=1S/C21H19N3O4/c22-13-12-18(25)23-16-8-6-15(7-9-16)21(27)28-19(14-4-2-1-3-5-14)20(26)24-17-10-11-17/h1-9,17,19H,10-12H2,(H,23,25)(H,24,26)/t19-/m1/s1. The minimum Gasteiger partial charge on any atom is -0.444 e. The van der Waals surface area contributed by atoms with E-state index in [-0.39, 0.29) is 23.9 Å². The van der Waals surface area contributed by atoms with E-state index in [1.807, 2.05) is 6.07 Å². The Bertz CT molecular complexity index is 899. The van der Waals surface area contributed by atoms with Gasteiger partial charge in [0.15, 0.2) is 0 Å². The first-order valence-electron chi connectivity index (χ1n) is 8.90. The van der Waals surface area contributed by atoms with E-state index >= 15 is 0 Å². The first kappa shape index (κ1) is 19.1. The summed E-state index contributed by atoms with van der Waals surface area (Å²) in [5, 5.41) is 13.9. The number of nitriles is 1. The van der Waals surface area contributed by atoms with Crippen molar-refractivity contribution in [2.75, 3.05) is 5.32 Å². The normalized spacial score (nSPS) is 13.7. The lowest BCUT2D eigenvalue weighted by Gasteiger charge is -2.18. The van der Waals surface area contributed by atoms with Gasteiger partial charge in [-0.05, 0) is 37.1 Å². The number of rotatable bonds is 7. The molecule has 2 amide bonds. The zero-order chi connectivity index (χ0) is 19.9. The summed E-state index contributed by atoms with van der Waals surface area (Å²) in [6.45, 7) is 0. The van der Waals surface area contributed by atoms with E-state index in [2.05, 4.69) is 10.6 Å². The van der Waals surface area contributed by atoms with Crippen molar-refractivity contribution in [2.24, 2.45) is 0 Å². The highest BCUT2D eigenvalue weighted by molar-refractivity contribution is 5.95. The third kappa shape index (κ3) is 5.17. The number of esters is 1. The quantitative estimate of drug-likeness (QED) is 0.721. The van der Waals surface area contributed by atoms with Gasteiger partial charge in [-0.15, -0.1) is 0 Å². The molecule has 1 aliphatic rings. The highest BCUT2D eigenvalue weighted by Gasteiger charge is 2.31. The first-order valence-corrected chi connectivity index (χ1v) is 8.90. The van der Waals surface area contributed by atoms with Gasteiger partial charge in [-0.1, -0.05) is 30.3 Å². The zero-order valence-electron chi connectivity index (χ0n) is 15.1. The molecule has 142 valence electrons. The molecule has 0 unspecified atom stereocenters. The summed E-state index contributed by atoms with van der Waals surface area (Å²) < 4.78 is 5.49. The number of nitrogens with zero attached hydrogens (tertiary/aromatic N) is 1. The van der Waals surface area contributed by atoms with E-state index in [0.29, 0.717) is 11.3 Å². The van der Waals surface area contributed by atoms with Crippen molar-refractivity contribution in [3.8, 4) is 6.07 Å². The van der Waals surface area contributed by atoms with Crippen LogP contribution < -0.4 is 10.6 Å². The van der Waals surface area contributed by atoms with Crippen LogP contribution in [0.15, 0.2) is 54.6 Å². The fraction of sp³-hybridized carbons (Fsp3) is 0.238. The molecule has 0 heterocycles. The van der Waals surface area contributed by atoms with Gasteiger partial charge in [-0.25, -0.2) is 4.79 Å². The zero-order valence-corrected chi connectivity index (χ0v) is 15.1. The molecule has 2 N–H and O–H groups in total. The second-order valence-electron chi connectivity index (χ2n) is 6.44. The van der Waals surface area contributed by atoms with Gasteiger partial charge in [0.1, 0.15) is 6.42 Å². The molecule has 2 aromatic rings. The molecule has 3 rings (SSSR count). The molecule has 1 atom stereocenters. The molecule has 0 spiro atoms. The van der Waals surface area contributed by atoms with Crippen molar-refractivity contribution in [1.29, 1.82) is 5.26 Å². The second-order valence-corrected chi connectivity index (χ2v) is 6.44. The third-order valence-electron chi connectivity index (χ3n) is 4.13. The molecule has 1 aliphatic carbocycles. The predicted molar refractivity (Wildman–Crippen MR) is 101 cm³/mol. The predicted octanol–water partition coefficient (Wildman–Crippen LogP) is 2.72. The first-order chi connectivity index (χ1) is 13.6. The van der Waals surface area contributed by atoms with Crippen LogP contribution in [0.5, 0.6) is 0 Å². The molecule has 7 heteroatoms. The maximum absolute atomic E-state index is 12.5. The molecule has 0 aromatic heterocycles. The molecular weight excluding hydrogens is 358 g/mol. The summed E-state index contributed by atoms with van der Waals surface area (Å²) >= 11 is 0. The lowest BCUT2D eigenvalue weighted by atomic mass is 10.1. The van der Waals surface area contributed by atoms with Crippen molar-refractivity contribution < 1.29 is 19.1 Å². The molecule has 1 fully saturated rings. The molecule has 0 bridgehead atoms. The van der Waals surface area contributed by atoms with Gasteiger partial charge in [0.25, 0.3) is 5.91 Å². The summed E-state index contributed by atoms with van der Waals surface area (Å²) in [5.74, 6) is -1.42. The van der Waals surface area contributed by atoms with Crippen molar-refractivity contribution >= 4 is 23.5 Å². The smallest absolute Gasteiger partial charge is 0.339 e. The SMILES string of the molecule is N#CCC(=O)Nc1ccc(C(=O)O[C@@H](C(=O)NC2CC2)c2ccccc2)cc1. The Kier molecular flexibility index (Phi) is 6.02. The summed E-state index contributed by atoms with van der Waals surface area (Å²) in [7, 11) is 0. The lowest BCUT2D eigenvalue weighted by Crippen LogP contribution is -2.33. The monoisotopic (exact) mass is 377 g/mol. The van der Waals surface area contributed by atoms with Crippen LogP contribution in [0.1, 0.15) is 41.3 Å². The van der Waals surface area contributed by atoms with Gasteiger partial charge in [0.2, 0.25) is 12.0 Å². The van der Waals surface area contributed by atoms with Crippen LogP contribution >= 0.6 is 0 Å². The molecule has 0 radical (unpaired) electrons. The van der Waals surface area contributed by atoms with Crippen molar-refractivity contribution in [3.63, 3.8) is 0 Å². The van der Waals surface area contributed by atoms with Crippen molar-refractivity contribution in [2.45, 2.75) is 31.4 Å². The maximum Gasteiger partial charge on any atom is 0.339 e. The number of nitrogens with one attached hydrogen (secondary N) is 2. The van der Waals surface area contributed by atoms with Gasteiger partial charge in [0, 0.05) is 17.3 Å². The van der Waals surface area contributed by atoms with Gasteiger partial charge in [-0.3, -0.25) is 9.59 Å². The molecule has 7 nitrogen and oxygen atoms in total.